The summed E-state index contributed by atoms with van der Waals surface area (Å²) in [5, 5.41) is 0. The molecule has 8 heteroatoms. The van der Waals surface area contributed by atoms with Crippen LogP contribution < -0.4 is 23.7 Å². The van der Waals surface area contributed by atoms with Crippen LogP contribution in [-0.4, -0.2) is 31.5 Å². The smallest absolute Gasteiger partial charge is 0.272 e. The highest BCUT2D eigenvalue weighted by Gasteiger charge is 2.16. The van der Waals surface area contributed by atoms with Gasteiger partial charge in [0.05, 0.1) is 20.8 Å². The van der Waals surface area contributed by atoms with Crippen molar-refractivity contribution in [1.29, 1.82) is 0 Å². The molecule has 4 rings (SSSR count). The SMILES string of the molecule is C#CCn1c(=NC(=O)/C=C\c2ccc3c(c2)OCO3)sc2c(OC)ccc(OC)c21. The average molecular weight is 422 g/mol. The molecule has 1 amide bonds. The molecule has 0 N–H and O–H groups in total. The van der Waals surface area contributed by atoms with Crippen molar-refractivity contribution in [2.75, 3.05) is 21.0 Å². The lowest BCUT2D eigenvalue weighted by molar-refractivity contribution is -0.113. The van der Waals surface area contributed by atoms with Crippen molar-refractivity contribution in [3.05, 3.63) is 46.8 Å². The predicted octanol–water partition coefficient (Wildman–Crippen LogP) is 3.22. The third-order valence-corrected chi connectivity index (χ3v) is 5.56. The Morgan fingerprint density at radius 3 is 2.77 bits per heavy atom. The van der Waals surface area contributed by atoms with E-state index in [1.807, 2.05) is 12.1 Å². The molecule has 0 spiro atoms. The van der Waals surface area contributed by atoms with Crippen LogP contribution in [0.4, 0.5) is 0 Å². The highest BCUT2D eigenvalue weighted by molar-refractivity contribution is 7.16. The molecule has 1 aliphatic rings. The zero-order chi connectivity index (χ0) is 21.1. The normalized spacial score (nSPS) is 13.0. The number of aromatic nitrogens is 1. The summed E-state index contributed by atoms with van der Waals surface area (Å²) in [5.74, 6) is 4.81. The molecular weight excluding hydrogens is 404 g/mol. The van der Waals surface area contributed by atoms with Gasteiger partial charge in [-0.3, -0.25) is 4.79 Å². The molecule has 0 atom stereocenters. The second kappa shape index (κ2) is 8.35. The van der Waals surface area contributed by atoms with Crippen LogP contribution in [0.25, 0.3) is 16.3 Å². The van der Waals surface area contributed by atoms with Gasteiger partial charge in [0.25, 0.3) is 5.91 Å². The number of thiazole rings is 1. The van der Waals surface area contributed by atoms with Gasteiger partial charge >= 0.3 is 0 Å². The summed E-state index contributed by atoms with van der Waals surface area (Å²) in [5.41, 5.74) is 1.55. The third-order valence-electron chi connectivity index (χ3n) is 4.46. The average Bonchev–Trinajstić information content (AvgIpc) is 3.36. The first kappa shape index (κ1) is 19.6. The Hall–Kier alpha value is -3.70. The number of methoxy groups -OCH3 is 2. The number of benzene rings is 2. The van der Waals surface area contributed by atoms with Crippen molar-refractivity contribution in [3.63, 3.8) is 0 Å². The van der Waals surface area contributed by atoms with E-state index in [1.54, 1.807) is 43.1 Å². The minimum Gasteiger partial charge on any atom is -0.495 e. The Morgan fingerprint density at radius 2 is 2.00 bits per heavy atom. The number of carbonyl (C=O) groups is 1. The number of terminal acetylenes is 1. The summed E-state index contributed by atoms with van der Waals surface area (Å²) in [6.07, 6.45) is 8.62. The van der Waals surface area contributed by atoms with E-state index in [4.69, 9.17) is 25.4 Å². The summed E-state index contributed by atoms with van der Waals surface area (Å²) in [7, 11) is 3.16. The molecule has 0 saturated heterocycles. The van der Waals surface area contributed by atoms with Crippen LogP contribution in [0.1, 0.15) is 5.56 Å². The van der Waals surface area contributed by atoms with Crippen LogP contribution >= 0.6 is 11.3 Å². The summed E-state index contributed by atoms with van der Waals surface area (Å²) < 4.78 is 24.1. The summed E-state index contributed by atoms with van der Waals surface area (Å²) >= 11 is 1.32. The highest BCUT2D eigenvalue weighted by atomic mass is 32.1. The molecule has 1 aromatic heterocycles. The first-order valence-corrected chi connectivity index (χ1v) is 9.80. The Balaban J connectivity index is 1.73. The van der Waals surface area contributed by atoms with Crippen LogP contribution in [0, 0.1) is 12.3 Å². The van der Waals surface area contributed by atoms with Crippen LogP contribution in [0.15, 0.2) is 41.4 Å². The molecule has 0 unspecified atom stereocenters. The second-order valence-corrected chi connectivity index (χ2v) is 7.20. The van der Waals surface area contributed by atoms with Crippen molar-refractivity contribution < 1.29 is 23.7 Å². The quantitative estimate of drug-likeness (QED) is 0.466. The van der Waals surface area contributed by atoms with Gasteiger partial charge in [-0.05, 0) is 35.9 Å². The largest absolute Gasteiger partial charge is 0.495 e. The number of fused-ring (bicyclic) bond motifs is 2. The van der Waals surface area contributed by atoms with E-state index >= 15 is 0 Å². The van der Waals surface area contributed by atoms with E-state index in [1.165, 1.54) is 17.4 Å². The molecule has 1 aliphatic heterocycles. The predicted molar refractivity (Wildman–Crippen MR) is 114 cm³/mol. The number of amides is 1. The molecule has 0 fully saturated rings. The maximum atomic E-state index is 12.5. The van der Waals surface area contributed by atoms with Gasteiger partial charge in [0.1, 0.15) is 21.7 Å². The minimum atomic E-state index is -0.414. The lowest BCUT2D eigenvalue weighted by Gasteiger charge is -2.08. The van der Waals surface area contributed by atoms with Gasteiger partial charge in [0.15, 0.2) is 16.3 Å². The third kappa shape index (κ3) is 3.63. The van der Waals surface area contributed by atoms with Gasteiger partial charge in [-0.25, -0.2) is 0 Å². The van der Waals surface area contributed by atoms with Crippen molar-refractivity contribution in [3.8, 4) is 35.3 Å². The van der Waals surface area contributed by atoms with Crippen LogP contribution in [0.5, 0.6) is 23.0 Å². The zero-order valence-corrected chi connectivity index (χ0v) is 17.2. The van der Waals surface area contributed by atoms with Gasteiger partial charge in [0.2, 0.25) is 6.79 Å². The lowest BCUT2D eigenvalue weighted by atomic mass is 10.2. The zero-order valence-electron chi connectivity index (χ0n) is 16.4. The number of carbonyl (C=O) groups excluding carboxylic acids is 1. The Morgan fingerprint density at radius 1 is 1.23 bits per heavy atom. The summed E-state index contributed by atoms with van der Waals surface area (Å²) in [6.45, 7) is 0.437. The molecule has 152 valence electrons. The van der Waals surface area contributed by atoms with Crippen molar-refractivity contribution in [1.82, 2.24) is 4.57 Å². The van der Waals surface area contributed by atoms with E-state index in [0.717, 1.165) is 15.8 Å². The molecular formula is C22H18N2O5S. The highest BCUT2D eigenvalue weighted by Crippen LogP contribution is 2.35. The van der Waals surface area contributed by atoms with Crippen molar-refractivity contribution in [2.24, 2.45) is 4.99 Å². The van der Waals surface area contributed by atoms with E-state index in [-0.39, 0.29) is 13.3 Å². The van der Waals surface area contributed by atoms with Crippen molar-refractivity contribution >= 4 is 33.5 Å². The van der Waals surface area contributed by atoms with Crippen LogP contribution in [0.2, 0.25) is 0 Å². The van der Waals surface area contributed by atoms with E-state index in [9.17, 15) is 4.79 Å². The first-order chi connectivity index (χ1) is 14.6. The first-order valence-electron chi connectivity index (χ1n) is 8.99. The van der Waals surface area contributed by atoms with Crippen LogP contribution in [-0.2, 0) is 11.3 Å². The standard InChI is InChI=1S/C22H18N2O5S/c1-4-11-24-20-16(26-2)8-9-17(27-3)21(20)30-22(24)23-19(25)10-6-14-5-7-15-18(12-14)29-13-28-15/h1,5-10,12H,11,13H2,2-3H3/b10-6-,23-22?. The number of nitrogens with zero attached hydrogens (tertiary/aromatic N) is 2. The summed E-state index contributed by atoms with van der Waals surface area (Å²) in [4.78, 5) is 17.2. The van der Waals surface area contributed by atoms with Gasteiger partial charge in [-0.1, -0.05) is 23.3 Å². The maximum absolute atomic E-state index is 12.5. The molecule has 0 radical (unpaired) electrons. The molecule has 2 heterocycles. The van der Waals surface area contributed by atoms with Gasteiger partial charge in [-0.15, -0.1) is 6.42 Å². The fraction of sp³-hybridized carbons (Fsp3) is 0.182. The molecule has 0 aliphatic carbocycles. The van der Waals surface area contributed by atoms with E-state index < -0.39 is 5.91 Å². The topological polar surface area (TPSA) is 71.3 Å². The fourth-order valence-electron chi connectivity index (χ4n) is 3.09. The number of rotatable bonds is 5. The minimum absolute atomic E-state index is 0.199. The Labute approximate surface area is 176 Å². The maximum Gasteiger partial charge on any atom is 0.272 e. The molecule has 2 aromatic carbocycles. The van der Waals surface area contributed by atoms with E-state index in [0.29, 0.717) is 27.8 Å². The fourth-order valence-corrected chi connectivity index (χ4v) is 4.24. The van der Waals surface area contributed by atoms with Crippen LogP contribution in [0.3, 0.4) is 0 Å². The second-order valence-electron chi connectivity index (χ2n) is 6.22. The Bertz CT molecular complexity index is 1260. The molecule has 7 nitrogen and oxygen atoms in total. The Kier molecular flexibility index (Phi) is 5.46. The number of hydrogen-bond acceptors (Lipinski definition) is 6. The molecule has 0 saturated carbocycles. The van der Waals surface area contributed by atoms with E-state index in [2.05, 4.69) is 10.9 Å². The monoisotopic (exact) mass is 422 g/mol. The van der Waals surface area contributed by atoms with Gasteiger partial charge in [-0.2, -0.15) is 4.99 Å². The van der Waals surface area contributed by atoms with Gasteiger partial charge in [0, 0.05) is 6.08 Å². The number of hydrogen-bond donors (Lipinski definition) is 0. The molecule has 0 bridgehead atoms. The number of ether oxygens (including phenoxy) is 4. The molecule has 30 heavy (non-hydrogen) atoms. The lowest BCUT2D eigenvalue weighted by Crippen LogP contribution is -2.16. The summed E-state index contributed by atoms with van der Waals surface area (Å²) in [6, 6.07) is 9.05. The molecule has 3 aromatic rings. The van der Waals surface area contributed by atoms with Gasteiger partial charge < -0.3 is 23.5 Å². The van der Waals surface area contributed by atoms with Crippen molar-refractivity contribution in [2.45, 2.75) is 6.54 Å².